The highest BCUT2D eigenvalue weighted by molar-refractivity contribution is 6.30. The summed E-state index contributed by atoms with van der Waals surface area (Å²) >= 11 is 5.99. The molecule has 2 heterocycles. The first-order chi connectivity index (χ1) is 16.6. The number of hydrogen-bond donors (Lipinski definition) is 1. The molecule has 8 nitrogen and oxygen atoms in total. The van der Waals surface area contributed by atoms with Crippen LogP contribution in [-0.4, -0.2) is 21.8 Å². The molecule has 1 aliphatic heterocycles. The summed E-state index contributed by atoms with van der Waals surface area (Å²) in [6.45, 7) is 2.28. The topological polar surface area (TPSA) is 77.7 Å². The van der Waals surface area contributed by atoms with Gasteiger partial charge in [-0.2, -0.15) is 0 Å². The number of halogens is 4. The molecule has 186 valence electrons. The molecule has 0 aliphatic carbocycles. The fourth-order valence-electron chi connectivity index (χ4n) is 3.82. The van der Waals surface area contributed by atoms with Crippen molar-refractivity contribution in [3.8, 4) is 11.5 Å². The van der Waals surface area contributed by atoms with Gasteiger partial charge in [0.1, 0.15) is 23.0 Å². The van der Waals surface area contributed by atoms with Crippen molar-refractivity contribution in [1.29, 1.82) is 0 Å². The average Bonchev–Trinajstić information content (AvgIpc) is 3.14. The summed E-state index contributed by atoms with van der Waals surface area (Å²) in [5.74, 6) is -0.140. The summed E-state index contributed by atoms with van der Waals surface area (Å²) in [7, 11) is 1.53. The molecule has 1 unspecified atom stereocenters. The van der Waals surface area contributed by atoms with E-state index in [1.54, 1.807) is 29.2 Å². The van der Waals surface area contributed by atoms with E-state index in [2.05, 4.69) is 10.1 Å². The molecular weight excluding hydrogens is 489 g/mol. The molecule has 12 heteroatoms. The monoisotopic (exact) mass is 510 g/mol. The van der Waals surface area contributed by atoms with Crippen molar-refractivity contribution in [1.82, 2.24) is 9.13 Å². The van der Waals surface area contributed by atoms with Crippen LogP contribution in [-0.2, 0) is 20.1 Å². The van der Waals surface area contributed by atoms with Gasteiger partial charge in [-0.25, -0.2) is 4.79 Å². The van der Waals surface area contributed by atoms with Crippen LogP contribution in [0.15, 0.2) is 58.1 Å². The molecule has 35 heavy (non-hydrogen) atoms. The van der Waals surface area contributed by atoms with Crippen LogP contribution in [0.25, 0.3) is 0 Å². The van der Waals surface area contributed by atoms with E-state index in [-0.39, 0.29) is 30.3 Å². The summed E-state index contributed by atoms with van der Waals surface area (Å²) in [6, 6.07) is 12.0. The molecule has 2 aromatic carbocycles. The van der Waals surface area contributed by atoms with Crippen molar-refractivity contribution in [3.05, 3.63) is 80.0 Å². The molecule has 0 fully saturated rings. The third-order valence-corrected chi connectivity index (χ3v) is 5.61. The fourth-order valence-corrected chi connectivity index (χ4v) is 3.95. The SMILES string of the molecule is CCCn1c(=O)c2c(n(C)c1=O)NC(Oc1cccc(OC(F)(F)F)c1)N2Cc1ccc(Cl)cc1. The third kappa shape index (κ3) is 5.24. The third-order valence-electron chi connectivity index (χ3n) is 5.36. The molecule has 1 N–H and O–H groups in total. The number of alkyl halides is 3. The Morgan fingerprint density at radius 1 is 1.09 bits per heavy atom. The number of hydrogen-bond acceptors (Lipinski definition) is 6. The number of nitrogens with zero attached hydrogens (tertiary/aromatic N) is 3. The molecule has 0 radical (unpaired) electrons. The molecule has 4 rings (SSSR count). The highest BCUT2D eigenvalue weighted by atomic mass is 35.5. The maximum Gasteiger partial charge on any atom is 0.573 e. The highest BCUT2D eigenvalue weighted by Gasteiger charge is 2.37. The average molecular weight is 511 g/mol. The zero-order chi connectivity index (χ0) is 25.3. The molecule has 0 spiro atoms. The van der Waals surface area contributed by atoms with Gasteiger partial charge in [0, 0.05) is 31.2 Å². The first kappa shape index (κ1) is 24.5. The number of benzene rings is 2. The standard InChI is InChI=1S/C23H22ClF3N4O4/c1-3-11-30-20(32)18-19(29(2)22(30)33)28-21(31(18)13-14-7-9-15(24)10-8-14)34-16-5-4-6-17(12-16)35-23(25,26)27/h4-10,12,21,28H,3,11,13H2,1-2H3. The highest BCUT2D eigenvalue weighted by Crippen LogP contribution is 2.34. The van der Waals surface area contributed by atoms with E-state index in [4.69, 9.17) is 16.3 Å². The Bertz CT molecular complexity index is 1340. The van der Waals surface area contributed by atoms with Crippen LogP contribution in [0, 0.1) is 0 Å². The Labute approximate surface area is 203 Å². The van der Waals surface area contributed by atoms with E-state index in [1.165, 1.54) is 23.7 Å². The molecule has 1 aromatic heterocycles. The minimum absolute atomic E-state index is 0.0667. The lowest BCUT2D eigenvalue weighted by Gasteiger charge is -2.27. The van der Waals surface area contributed by atoms with Crippen molar-refractivity contribution in [3.63, 3.8) is 0 Å². The predicted octanol–water partition coefficient (Wildman–Crippen LogP) is 4.30. The first-order valence-electron chi connectivity index (χ1n) is 10.7. The number of nitrogens with one attached hydrogen (secondary N) is 1. The summed E-state index contributed by atoms with van der Waals surface area (Å²) in [5, 5.41) is 3.55. The van der Waals surface area contributed by atoms with Gasteiger partial charge in [-0.15, -0.1) is 13.2 Å². The molecule has 0 amide bonds. The molecular formula is C23H22ClF3N4O4. The maximum absolute atomic E-state index is 13.3. The van der Waals surface area contributed by atoms with E-state index in [0.717, 1.165) is 22.3 Å². The fraction of sp³-hybridized carbons (Fsp3) is 0.304. The molecule has 0 bridgehead atoms. The number of rotatable bonds is 7. The predicted molar refractivity (Wildman–Crippen MR) is 125 cm³/mol. The van der Waals surface area contributed by atoms with Gasteiger partial charge in [0.25, 0.3) is 11.9 Å². The molecule has 0 saturated heterocycles. The largest absolute Gasteiger partial charge is 0.573 e. The van der Waals surface area contributed by atoms with Gasteiger partial charge in [-0.3, -0.25) is 13.9 Å². The van der Waals surface area contributed by atoms with Crippen LogP contribution >= 0.6 is 11.6 Å². The van der Waals surface area contributed by atoms with Crippen molar-refractivity contribution in [2.75, 3.05) is 10.2 Å². The Morgan fingerprint density at radius 3 is 2.43 bits per heavy atom. The minimum Gasteiger partial charge on any atom is -0.452 e. The number of anilines is 2. The van der Waals surface area contributed by atoms with E-state index in [9.17, 15) is 22.8 Å². The van der Waals surface area contributed by atoms with Crippen LogP contribution < -0.4 is 30.9 Å². The molecule has 1 aliphatic rings. The first-order valence-corrected chi connectivity index (χ1v) is 11.1. The van der Waals surface area contributed by atoms with Crippen LogP contribution in [0.5, 0.6) is 11.5 Å². The molecule has 1 atom stereocenters. The molecule has 3 aromatic rings. The van der Waals surface area contributed by atoms with E-state index in [1.807, 2.05) is 6.92 Å². The normalized spacial score (nSPS) is 15.0. The van der Waals surface area contributed by atoms with E-state index < -0.39 is 29.7 Å². The smallest absolute Gasteiger partial charge is 0.452 e. The van der Waals surface area contributed by atoms with Crippen molar-refractivity contribution in [2.45, 2.75) is 39.1 Å². The second-order valence-corrected chi connectivity index (χ2v) is 8.32. The lowest BCUT2D eigenvalue weighted by Crippen LogP contribution is -2.43. The van der Waals surface area contributed by atoms with Crippen molar-refractivity contribution < 1.29 is 22.6 Å². The summed E-state index contributed by atoms with van der Waals surface area (Å²) in [5.41, 5.74) is 0.0210. The van der Waals surface area contributed by atoms with Gasteiger partial charge in [0.05, 0.1) is 0 Å². The number of ether oxygens (including phenoxy) is 2. The summed E-state index contributed by atoms with van der Waals surface area (Å²) < 4.78 is 50.3. The zero-order valence-corrected chi connectivity index (χ0v) is 19.6. The van der Waals surface area contributed by atoms with Crippen LogP contribution in [0.3, 0.4) is 0 Å². The Kier molecular flexibility index (Phi) is 6.70. The van der Waals surface area contributed by atoms with Gasteiger partial charge >= 0.3 is 12.1 Å². The van der Waals surface area contributed by atoms with E-state index >= 15 is 0 Å². The lowest BCUT2D eigenvalue weighted by molar-refractivity contribution is -0.274. The van der Waals surface area contributed by atoms with Crippen molar-refractivity contribution in [2.24, 2.45) is 7.05 Å². The number of fused-ring (bicyclic) bond motifs is 1. The van der Waals surface area contributed by atoms with Crippen LogP contribution in [0.4, 0.5) is 24.7 Å². The quantitative estimate of drug-likeness (QED) is 0.510. The zero-order valence-electron chi connectivity index (χ0n) is 18.8. The summed E-state index contributed by atoms with van der Waals surface area (Å²) in [4.78, 5) is 27.7. The summed E-state index contributed by atoms with van der Waals surface area (Å²) in [6.07, 6.45) is -5.29. The minimum atomic E-state index is -4.86. The molecule has 0 saturated carbocycles. The maximum atomic E-state index is 13.3. The van der Waals surface area contributed by atoms with Crippen molar-refractivity contribution >= 4 is 23.1 Å². The second-order valence-electron chi connectivity index (χ2n) is 7.89. The van der Waals surface area contributed by atoms with Gasteiger partial charge in [-0.05, 0) is 36.2 Å². The van der Waals surface area contributed by atoms with Gasteiger partial charge in [0.15, 0.2) is 0 Å². The second kappa shape index (κ2) is 9.57. The van der Waals surface area contributed by atoms with Gasteiger partial charge < -0.3 is 19.7 Å². The Balaban J connectivity index is 1.74. The van der Waals surface area contributed by atoms with E-state index in [0.29, 0.717) is 11.4 Å². The van der Waals surface area contributed by atoms with Gasteiger partial charge in [-0.1, -0.05) is 36.7 Å². The lowest BCUT2D eigenvalue weighted by atomic mass is 10.2. The Hall–Kier alpha value is -3.60. The van der Waals surface area contributed by atoms with Gasteiger partial charge in [0.2, 0.25) is 0 Å². The number of aromatic nitrogens is 2. The van der Waals surface area contributed by atoms with Crippen LogP contribution in [0.2, 0.25) is 5.02 Å². The Morgan fingerprint density at radius 2 is 1.77 bits per heavy atom. The van der Waals surface area contributed by atoms with Crippen LogP contribution in [0.1, 0.15) is 18.9 Å².